The zero-order valence-electron chi connectivity index (χ0n) is 11.5. The first-order chi connectivity index (χ1) is 10.1. The molecule has 0 aliphatic heterocycles. The summed E-state index contributed by atoms with van der Waals surface area (Å²) in [5.74, 6) is 0.407. The monoisotopic (exact) mass is 305 g/mol. The summed E-state index contributed by atoms with van der Waals surface area (Å²) in [5.41, 5.74) is 1.18. The summed E-state index contributed by atoms with van der Waals surface area (Å²) in [6.07, 6.45) is -0.795. The average molecular weight is 306 g/mol. The van der Waals surface area contributed by atoms with E-state index >= 15 is 0 Å². The molecular weight excluding hydrogens is 290 g/mol. The summed E-state index contributed by atoms with van der Waals surface area (Å²) in [6.45, 7) is 0.120. The highest BCUT2D eigenvalue weighted by molar-refractivity contribution is 6.30. The number of rotatable bonds is 5. The predicted octanol–water partition coefficient (Wildman–Crippen LogP) is 2.81. The van der Waals surface area contributed by atoms with Crippen molar-refractivity contribution >= 4 is 17.5 Å². The summed E-state index contributed by atoms with van der Waals surface area (Å²) in [5, 5.41) is 13.3. The van der Waals surface area contributed by atoms with Crippen LogP contribution in [0.15, 0.2) is 48.5 Å². The quantitative estimate of drug-likeness (QED) is 0.893. The van der Waals surface area contributed by atoms with Gasteiger partial charge in [0.25, 0.3) is 5.91 Å². The average Bonchev–Trinajstić information content (AvgIpc) is 2.53. The SMILES string of the molecule is COc1cccc(C(O)CNC(=O)c2ccc(Cl)cc2)c1. The minimum atomic E-state index is -0.795. The third kappa shape index (κ3) is 4.21. The topological polar surface area (TPSA) is 58.6 Å². The van der Waals surface area contributed by atoms with E-state index in [0.717, 1.165) is 0 Å². The van der Waals surface area contributed by atoms with E-state index in [4.69, 9.17) is 16.3 Å². The van der Waals surface area contributed by atoms with Crippen LogP contribution >= 0.6 is 11.6 Å². The van der Waals surface area contributed by atoms with Crippen molar-refractivity contribution in [1.29, 1.82) is 0 Å². The second kappa shape index (κ2) is 7.11. The smallest absolute Gasteiger partial charge is 0.251 e. The zero-order valence-corrected chi connectivity index (χ0v) is 12.3. The number of hydrogen-bond donors (Lipinski definition) is 2. The third-order valence-corrected chi connectivity index (χ3v) is 3.29. The number of ether oxygens (including phenoxy) is 1. The summed E-state index contributed by atoms with van der Waals surface area (Å²) in [7, 11) is 1.56. The van der Waals surface area contributed by atoms with Gasteiger partial charge in [-0.2, -0.15) is 0 Å². The van der Waals surface area contributed by atoms with Crippen molar-refractivity contribution in [2.75, 3.05) is 13.7 Å². The molecule has 2 aromatic carbocycles. The molecule has 2 N–H and O–H groups in total. The van der Waals surface area contributed by atoms with Crippen molar-refractivity contribution in [2.24, 2.45) is 0 Å². The van der Waals surface area contributed by atoms with Gasteiger partial charge in [-0.3, -0.25) is 4.79 Å². The van der Waals surface area contributed by atoms with Gasteiger partial charge in [0, 0.05) is 17.1 Å². The van der Waals surface area contributed by atoms with E-state index in [1.54, 1.807) is 55.6 Å². The van der Waals surface area contributed by atoms with Crippen LogP contribution in [0.3, 0.4) is 0 Å². The Morgan fingerprint density at radius 3 is 2.67 bits per heavy atom. The van der Waals surface area contributed by atoms with Crippen LogP contribution in [0.4, 0.5) is 0 Å². The second-order valence-corrected chi connectivity index (χ2v) is 4.95. The van der Waals surface area contributed by atoms with Crippen LogP contribution in [0.2, 0.25) is 5.02 Å². The molecule has 1 unspecified atom stereocenters. The fourth-order valence-electron chi connectivity index (χ4n) is 1.86. The molecule has 1 atom stereocenters. The van der Waals surface area contributed by atoms with Gasteiger partial charge >= 0.3 is 0 Å². The first-order valence-electron chi connectivity index (χ1n) is 6.46. The number of benzene rings is 2. The van der Waals surface area contributed by atoms with Gasteiger partial charge in [-0.1, -0.05) is 23.7 Å². The molecule has 5 heteroatoms. The van der Waals surface area contributed by atoms with Gasteiger partial charge < -0.3 is 15.2 Å². The molecular formula is C16H16ClNO3. The molecule has 110 valence electrons. The van der Waals surface area contributed by atoms with Crippen molar-refractivity contribution in [2.45, 2.75) is 6.10 Å². The number of methoxy groups -OCH3 is 1. The summed E-state index contributed by atoms with van der Waals surface area (Å²) in [6, 6.07) is 13.7. The molecule has 0 heterocycles. The van der Waals surface area contributed by atoms with E-state index in [1.165, 1.54) is 0 Å². The maximum Gasteiger partial charge on any atom is 0.251 e. The van der Waals surface area contributed by atoms with E-state index < -0.39 is 6.10 Å². The lowest BCUT2D eigenvalue weighted by Crippen LogP contribution is -2.28. The van der Waals surface area contributed by atoms with Crippen LogP contribution in [0.1, 0.15) is 22.0 Å². The molecule has 4 nitrogen and oxygen atoms in total. The minimum absolute atomic E-state index is 0.120. The molecule has 0 fully saturated rings. The number of carbonyl (C=O) groups is 1. The Bertz CT molecular complexity index is 613. The lowest BCUT2D eigenvalue weighted by atomic mass is 10.1. The summed E-state index contributed by atoms with van der Waals surface area (Å²) < 4.78 is 5.10. The Morgan fingerprint density at radius 1 is 1.29 bits per heavy atom. The van der Waals surface area contributed by atoms with Gasteiger partial charge in [0.2, 0.25) is 0 Å². The Labute approximate surface area is 128 Å². The molecule has 2 rings (SSSR count). The van der Waals surface area contributed by atoms with Crippen LogP contribution < -0.4 is 10.1 Å². The van der Waals surface area contributed by atoms with E-state index in [9.17, 15) is 9.90 Å². The molecule has 21 heavy (non-hydrogen) atoms. The number of amides is 1. The number of aliphatic hydroxyl groups excluding tert-OH is 1. The Kier molecular flexibility index (Phi) is 5.20. The van der Waals surface area contributed by atoms with Gasteiger partial charge in [0.15, 0.2) is 0 Å². The molecule has 0 saturated heterocycles. The molecule has 0 aliphatic carbocycles. The fourth-order valence-corrected chi connectivity index (χ4v) is 1.99. The van der Waals surface area contributed by atoms with Gasteiger partial charge in [-0.05, 0) is 42.0 Å². The van der Waals surface area contributed by atoms with Crippen LogP contribution in [0, 0.1) is 0 Å². The molecule has 0 aromatic heterocycles. The van der Waals surface area contributed by atoms with E-state index in [1.807, 2.05) is 0 Å². The van der Waals surface area contributed by atoms with E-state index in [-0.39, 0.29) is 12.5 Å². The number of carbonyl (C=O) groups excluding carboxylic acids is 1. The Balaban J connectivity index is 1.95. The van der Waals surface area contributed by atoms with Crippen molar-refractivity contribution in [3.05, 3.63) is 64.7 Å². The number of aliphatic hydroxyl groups is 1. The molecule has 0 aliphatic rings. The first kappa shape index (κ1) is 15.4. The molecule has 0 bridgehead atoms. The summed E-state index contributed by atoms with van der Waals surface area (Å²) in [4.78, 5) is 11.9. The normalized spacial score (nSPS) is 11.8. The highest BCUT2D eigenvalue weighted by Gasteiger charge is 2.11. The van der Waals surface area contributed by atoms with Gasteiger partial charge in [-0.25, -0.2) is 0 Å². The van der Waals surface area contributed by atoms with Crippen LogP contribution in [0.25, 0.3) is 0 Å². The van der Waals surface area contributed by atoms with Crippen molar-refractivity contribution in [3.8, 4) is 5.75 Å². The van der Waals surface area contributed by atoms with Gasteiger partial charge in [0.05, 0.1) is 13.2 Å². The highest BCUT2D eigenvalue weighted by Crippen LogP contribution is 2.18. The van der Waals surface area contributed by atoms with Crippen molar-refractivity contribution in [1.82, 2.24) is 5.32 Å². The molecule has 0 spiro atoms. The second-order valence-electron chi connectivity index (χ2n) is 4.51. The molecule has 0 radical (unpaired) electrons. The largest absolute Gasteiger partial charge is 0.497 e. The number of nitrogens with one attached hydrogen (secondary N) is 1. The standard InChI is InChI=1S/C16H16ClNO3/c1-21-14-4-2-3-12(9-14)15(19)10-18-16(20)11-5-7-13(17)8-6-11/h2-9,15,19H,10H2,1H3,(H,18,20). The first-order valence-corrected chi connectivity index (χ1v) is 6.83. The summed E-state index contributed by atoms with van der Waals surface area (Å²) >= 11 is 5.77. The zero-order chi connectivity index (χ0) is 15.2. The van der Waals surface area contributed by atoms with Crippen molar-refractivity contribution in [3.63, 3.8) is 0 Å². The van der Waals surface area contributed by atoms with Crippen LogP contribution in [-0.4, -0.2) is 24.7 Å². The molecule has 1 amide bonds. The van der Waals surface area contributed by atoms with Gasteiger partial charge in [0.1, 0.15) is 5.75 Å². The lowest BCUT2D eigenvalue weighted by molar-refractivity contribution is 0.0916. The maximum absolute atomic E-state index is 11.9. The molecule has 2 aromatic rings. The third-order valence-electron chi connectivity index (χ3n) is 3.04. The van der Waals surface area contributed by atoms with Crippen molar-refractivity contribution < 1.29 is 14.6 Å². The number of halogens is 1. The Hall–Kier alpha value is -2.04. The van der Waals surface area contributed by atoms with Gasteiger partial charge in [-0.15, -0.1) is 0 Å². The lowest BCUT2D eigenvalue weighted by Gasteiger charge is -2.13. The van der Waals surface area contributed by atoms with E-state index in [0.29, 0.717) is 21.9 Å². The fraction of sp³-hybridized carbons (Fsp3) is 0.188. The minimum Gasteiger partial charge on any atom is -0.497 e. The Morgan fingerprint density at radius 2 is 2.00 bits per heavy atom. The van der Waals surface area contributed by atoms with E-state index in [2.05, 4.69) is 5.32 Å². The number of hydrogen-bond acceptors (Lipinski definition) is 3. The van der Waals surface area contributed by atoms with Crippen LogP contribution in [0.5, 0.6) is 5.75 Å². The molecule has 0 saturated carbocycles. The highest BCUT2D eigenvalue weighted by atomic mass is 35.5. The predicted molar refractivity (Wildman–Crippen MR) is 81.7 cm³/mol. The van der Waals surface area contributed by atoms with Crippen LogP contribution in [-0.2, 0) is 0 Å². The maximum atomic E-state index is 11.9.